The summed E-state index contributed by atoms with van der Waals surface area (Å²) in [4.78, 5) is 28.7. The zero-order valence-corrected chi connectivity index (χ0v) is 18.5. The van der Waals surface area contributed by atoms with Crippen LogP contribution in [0, 0.1) is 0 Å². The highest BCUT2D eigenvalue weighted by Crippen LogP contribution is 2.29. The molecular weight excluding hydrogens is 449 g/mol. The van der Waals surface area contributed by atoms with Crippen molar-refractivity contribution in [2.24, 2.45) is 0 Å². The van der Waals surface area contributed by atoms with Gasteiger partial charge in [-0.25, -0.2) is 4.98 Å². The van der Waals surface area contributed by atoms with Crippen LogP contribution in [0.1, 0.15) is 28.5 Å². The minimum Gasteiger partial charge on any atom is -0.489 e. The molecule has 0 unspecified atom stereocenters. The Morgan fingerprint density at radius 3 is 2.31 bits per heavy atom. The molecule has 0 bridgehead atoms. The monoisotopic (exact) mass is 465 g/mol. The highest BCUT2D eigenvalue weighted by atomic mass is 35.5. The van der Waals surface area contributed by atoms with Gasteiger partial charge in [0.05, 0.1) is 16.2 Å². The van der Waals surface area contributed by atoms with Crippen molar-refractivity contribution in [1.29, 1.82) is 0 Å². The molecule has 0 aliphatic heterocycles. The first kappa shape index (κ1) is 21.8. The highest BCUT2D eigenvalue weighted by Gasteiger charge is 2.17. The van der Waals surface area contributed by atoms with Crippen molar-refractivity contribution in [2.75, 3.05) is 0 Å². The number of nitrogens with zero attached hydrogens (tertiary/aromatic N) is 1. The van der Waals surface area contributed by atoms with E-state index in [0.29, 0.717) is 44.5 Å². The Hall–Kier alpha value is -3.41. The van der Waals surface area contributed by atoms with Gasteiger partial charge in [-0.1, -0.05) is 53.5 Å². The standard InChI is InChI=1S/C25H17Cl2NO4/c1-15(29)32-23-13-28-24(20-5-3-2-4-19(20)23)25(30)17-7-9-18(10-8-17)31-14-16-6-11-21(26)22(27)12-16/h2-13H,14H2,1H3. The summed E-state index contributed by atoms with van der Waals surface area (Å²) >= 11 is 12.0. The third kappa shape index (κ3) is 4.74. The number of benzene rings is 3. The number of fused-ring (bicyclic) bond motifs is 1. The lowest BCUT2D eigenvalue weighted by Crippen LogP contribution is -2.08. The fourth-order valence-corrected chi connectivity index (χ4v) is 3.54. The van der Waals surface area contributed by atoms with E-state index in [1.165, 1.54) is 13.1 Å². The number of ketones is 1. The summed E-state index contributed by atoms with van der Waals surface area (Å²) in [6, 6.07) is 19.3. The van der Waals surface area contributed by atoms with Gasteiger partial charge in [0.15, 0.2) is 5.75 Å². The van der Waals surface area contributed by atoms with E-state index in [4.69, 9.17) is 32.7 Å². The third-order valence-electron chi connectivity index (χ3n) is 4.73. The van der Waals surface area contributed by atoms with E-state index < -0.39 is 5.97 Å². The predicted octanol–water partition coefficient (Wildman–Crippen LogP) is 6.28. The first-order valence-electron chi connectivity index (χ1n) is 9.70. The highest BCUT2D eigenvalue weighted by molar-refractivity contribution is 6.42. The largest absolute Gasteiger partial charge is 0.489 e. The topological polar surface area (TPSA) is 65.5 Å². The number of carbonyl (C=O) groups is 2. The van der Waals surface area contributed by atoms with E-state index in [0.717, 1.165) is 5.56 Å². The van der Waals surface area contributed by atoms with Gasteiger partial charge in [0, 0.05) is 23.3 Å². The Kier molecular flexibility index (Phi) is 6.40. The van der Waals surface area contributed by atoms with Gasteiger partial charge < -0.3 is 9.47 Å². The van der Waals surface area contributed by atoms with Crippen LogP contribution < -0.4 is 9.47 Å². The summed E-state index contributed by atoms with van der Waals surface area (Å²) in [6.45, 7) is 1.63. The molecule has 4 aromatic rings. The zero-order valence-electron chi connectivity index (χ0n) is 17.0. The van der Waals surface area contributed by atoms with Gasteiger partial charge in [0.1, 0.15) is 18.1 Å². The van der Waals surface area contributed by atoms with E-state index in [-0.39, 0.29) is 11.5 Å². The SMILES string of the molecule is CC(=O)Oc1cnc(C(=O)c2ccc(OCc3ccc(Cl)c(Cl)c3)cc2)c2ccccc12. The summed E-state index contributed by atoms with van der Waals surface area (Å²) < 4.78 is 11.0. The second-order valence-corrected chi connectivity index (χ2v) is 7.82. The molecule has 1 aromatic heterocycles. The minimum atomic E-state index is -0.451. The maximum atomic E-state index is 13.1. The van der Waals surface area contributed by atoms with Crippen LogP contribution in [0.3, 0.4) is 0 Å². The number of halogens is 2. The molecule has 0 aliphatic carbocycles. The van der Waals surface area contributed by atoms with E-state index in [9.17, 15) is 9.59 Å². The van der Waals surface area contributed by atoms with Gasteiger partial charge in [-0.05, 0) is 42.0 Å². The molecule has 7 heteroatoms. The Morgan fingerprint density at radius 1 is 0.906 bits per heavy atom. The van der Waals surface area contributed by atoms with Crippen molar-refractivity contribution in [3.8, 4) is 11.5 Å². The van der Waals surface area contributed by atoms with Crippen LogP contribution in [0.4, 0.5) is 0 Å². The van der Waals surface area contributed by atoms with Crippen LogP contribution in [-0.4, -0.2) is 16.7 Å². The number of carbonyl (C=O) groups excluding carboxylic acids is 2. The van der Waals surface area contributed by atoms with Crippen LogP contribution in [0.5, 0.6) is 11.5 Å². The second kappa shape index (κ2) is 9.39. The normalized spacial score (nSPS) is 10.7. The Morgan fingerprint density at radius 2 is 1.62 bits per heavy atom. The molecule has 0 N–H and O–H groups in total. The average molecular weight is 466 g/mol. The first-order chi connectivity index (χ1) is 15.4. The third-order valence-corrected chi connectivity index (χ3v) is 5.47. The maximum absolute atomic E-state index is 13.1. The first-order valence-corrected chi connectivity index (χ1v) is 10.5. The lowest BCUT2D eigenvalue weighted by atomic mass is 10.0. The lowest BCUT2D eigenvalue weighted by Gasteiger charge is -2.10. The van der Waals surface area contributed by atoms with Gasteiger partial charge in [-0.15, -0.1) is 0 Å². The number of hydrogen-bond donors (Lipinski definition) is 0. The second-order valence-electron chi connectivity index (χ2n) is 7.00. The number of esters is 1. The molecule has 0 amide bonds. The molecular formula is C25H17Cl2NO4. The number of rotatable bonds is 6. The van der Waals surface area contributed by atoms with Crippen LogP contribution in [0.25, 0.3) is 10.8 Å². The summed E-state index contributed by atoms with van der Waals surface area (Å²) in [5, 5.41) is 2.20. The summed E-state index contributed by atoms with van der Waals surface area (Å²) in [5.41, 5.74) is 1.62. The van der Waals surface area contributed by atoms with E-state index in [2.05, 4.69) is 4.98 Å². The van der Waals surface area contributed by atoms with Crippen molar-refractivity contribution >= 4 is 45.7 Å². The van der Waals surface area contributed by atoms with Gasteiger partial charge >= 0.3 is 5.97 Å². The Balaban J connectivity index is 1.54. The molecule has 3 aromatic carbocycles. The fraction of sp³-hybridized carbons (Fsp3) is 0.0800. The van der Waals surface area contributed by atoms with Crippen LogP contribution in [0.2, 0.25) is 10.0 Å². The fourth-order valence-electron chi connectivity index (χ4n) is 3.22. The zero-order chi connectivity index (χ0) is 22.7. The van der Waals surface area contributed by atoms with E-state index >= 15 is 0 Å². The van der Waals surface area contributed by atoms with Gasteiger partial charge in [0.25, 0.3) is 0 Å². The van der Waals surface area contributed by atoms with Crippen molar-refractivity contribution in [1.82, 2.24) is 4.98 Å². The number of ether oxygens (including phenoxy) is 2. The molecule has 0 saturated carbocycles. The van der Waals surface area contributed by atoms with Crippen LogP contribution in [-0.2, 0) is 11.4 Å². The average Bonchev–Trinajstić information content (AvgIpc) is 2.80. The summed E-state index contributed by atoms with van der Waals surface area (Å²) in [7, 11) is 0. The van der Waals surface area contributed by atoms with Crippen molar-refractivity contribution < 1.29 is 19.1 Å². The van der Waals surface area contributed by atoms with Gasteiger partial charge in [-0.2, -0.15) is 0 Å². The number of hydrogen-bond acceptors (Lipinski definition) is 5. The quantitative estimate of drug-likeness (QED) is 0.247. The molecule has 4 rings (SSSR count). The van der Waals surface area contributed by atoms with Crippen molar-refractivity contribution in [3.63, 3.8) is 0 Å². The van der Waals surface area contributed by atoms with Gasteiger partial charge in [0.2, 0.25) is 5.78 Å². The molecule has 0 aliphatic rings. The minimum absolute atomic E-state index is 0.244. The summed E-state index contributed by atoms with van der Waals surface area (Å²) in [6.07, 6.45) is 1.39. The molecule has 0 saturated heterocycles. The molecule has 32 heavy (non-hydrogen) atoms. The van der Waals surface area contributed by atoms with Crippen molar-refractivity contribution in [3.05, 3.63) is 99.8 Å². The molecule has 0 radical (unpaired) electrons. The summed E-state index contributed by atoms with van der Waals surface area (Å²) in [5.74, 6) is 0.227. The predicted molar refractivity (Wildman–Crippen MR) is 124 cm³/mol. The molecule has 5 nitrogen and oxygen atoms in total. The number of aromatic nitrogens is 1. The Bertz CT molecular complexity index is 1320. The molecule has 160 valence electrons. The van der Waals surface area contributed by atoms with E-state index in [1.807, 2.05) is 12.1 Å². The molecule has 0 atom stereocenters. The molecule has 0 spiro atoms. The molecule has 0 fully saturated rings. The smallest absolute Gasteiger partial charge is 0.308 e. The maximum Gasteiger partial charge on any atom is 0.308 e. The molecule has 1 heterocycles. The van der Waals surface area contributed by atoms with E-state index in [1.54, 1.807) is 54.6 Å². The van der Waals surface area contributed by atoms with Crippen molar-refractivity contribution in [2.45, 2.75) is 13.5 Å². The van der Waals surface area contributed by atoms with Gasteiger partial charge in [-0.3, -0.25) is 9.59 Å². The van der Waals surface area contributed by atoms with Crippen LogP contribution >= 0.6 is 23.2 Å². The van der Waals surface area contributed by atoms with Crippen LogP contribution in [0.15, 0.2) is 72.9 Å². The lowest BCUT2D eigenvalue weighted by molar-refractivity contribution is -0.131. The number of pyridine rings is 1. The Labute approximate surface area is 194 Å².